The highest BCUT2D eigenvalue weighted by atomic mass is 16.5. The molecule has 2 rings (SSSR count). The van der Waals surface area contributed by atoms with Crippen LogP contribution in [0.3, 0.4) is 0 Å². The molecular weight excluding hydrogens is 188 g/mol. The van der Waals surface area contributed by atoms with Crippen molar-refractivity contribution >= 4 is 0 Å². The Hall–Kier alpha value is -0.120. The molecule has 2 heterocycles. The van der Waals surface area contributed by atoms with E-state index in [0.717, 1.165) is 25.8 Å². The molecule has 15 heavy (non-hydrogen) atoms. The Balaban J connectivity index is 1.67. The first kappa shape index (κ1) is 11.4. The second-order valence-electron chi connectivity index (χ2n) is 4.90. The third-order valence-corrected chi connectivity index (χ3v) is 3.70. The van der Waals surface area contributed by atoms with Gasteiger partial charge in [-0.25, -0.2) is 0 Å². The second kappa shape index (κ2) is 5.83. The summed E-state index contributed by atoms with van der Waals surface area (Å²) >= 11 is 0. The van der Waals surface area contributed by atoms with Crippen molar-refractivity contribution in [2.75, 3.05) is 32.8 Å². The van der Waals surface area contributed by atoms with Gasteiger partial charge >= 0.3 is 0 Å². The maximum absolute atomic E-state index is 5.47. The summed E-state index contributed by atoms with van der Waals surface area (Å²) in [6.07, 6.45) is 5.43. The normalized spacial score (nSPS) is 34.2. The predicted octanol–water partition coefficient (Wildman–Crippen LogP) is 1.24. The van der Waals surface area contributed by atoms with Gasteiger partial charge in [0.2, 0.25) is 0 Å². The van der Waals surface area contributed by atoms with E-state index >= 15 is 0 Å². The van der Waals surface area contributed by atoms with Gasteiger partial charge in [-0.15, -0.1) is 0 Å². The summed E-state index contributed by atoms with van der Waals surface area (Å²) in [5.74, 6) is 0. The average Bonchev–Trinajstić information content (AvgIpc) is 2.29. The molecule has 0 bridgehead atoms. The number of ether oxygens (including phenoxy) is 1. The Labute approximate surface area is 93.2 Å². The number of nitrogens with zero attached hydrogens (tertiary/aromatic N) is 1. The average molecular weight is 212 g/mol. The molecule has 88 valence electrons. The maximum atomic E-state index is 5.47. The lowest BCUT2D eigenvalue weighted by Crippen LogP contribution is -2.45. The van der Waals surface area contributed by atoms with E-state index in [2.05, 4.69) is 17.1 Å². The van der Waals surface area contributed by atoms with Crippen molar-refractivity contribution in [2.24, 2.45) is 0 Å². The Morgan fingerprint density at radius 2 is 2.33 bits per heavy atom. The molecule has 0 saturated carbocycles. The topological polar surface area (TPSA) is 24.5 Å². The van der Waals surface area contributed by atoms with Gasteiger partial charge in [0, 0.05) is 18.6 Å². The van der Waals surface area contributed by atoms with Crippen molar-refractivity contribution in [3.8, 4) is 0 Å². The van der Waals surface area contributed by atoms with Gasteiger partial charge in [0.05, 0.1) is 13.2 Å². The molecular formula is C12H24N2O. The zero-order chi connectivity index (χ0) is 10.5. The van der Waals surface area contributed by atoms with Crippen LogP contribution in [-0.4, -0.2) is 49.8 Å². The van der Waals surface area contributed by atoms with Crippen LogP contribution in [0.5, 0.6) is 0 Å². The minimum absolute atomic E-state index is 0.591. The summed E-state index contributed by atoms with van der Waals surface area (Å²) in [5, 5.41) is 3.52. The fraction of sp³-hybridized carbons (Fsp3) is 1.00. The summed E-state index contributed by atoms with van der Waals surface area (Å²) in [6, 6.07) is 1.39. The van der Waals surface area contributed by atoms with E-state index in [1.54, 1.807) is 0 Å². The Kier molecular flexibility index (Phi) is 4.42. The SMILES string of the molecule is CC1CCCCN1CCC1COCCN1. The van der Waals surface area contributed by atoms with Crippen LogP contribution < -0.4 is 5.32 Å². The van der Waals surface area contributed by atoms with E-state index in [-0.39, 0.29) is 0 Å². The number of likely N-dealkylation sites (tertiary alicyclic amines) is 1. The van der Waals surface area contributed by atoms with Gasteiger partial charge in [-0.3, -0.25) is 0 Å². The van der Waals surface area contributed by atoms with Gasteiger partial charge in [0.25, 0.3) is 0 Å². The lowest BCUT2D eigenvalue weighted by atomic mass is 10.0. The Morgan fingerprint density at radius 1 is 1.40 bits per heavy atom. The first-order valence-corrected chi connectivity index (χ1v) is 6.41. The Bertz CT molecular complexity index is 180. The van der Waals surface area contributed by atoms with Crippen molar-refractivity contribution in [2.45, 2.75) is 44.7 Å². The van der Waals surface area contributed by atoms with Crippen molar-refractivity contribution in [1.82, 2.24) is 10.2 Å². The zero-order valence-electron chi connectivity index (χ0n) is 9.87. The molecule has 2 atom stereocenters. The molecule has 0 amide bonds. The number of rotatable bonds is 3. The number of piperidine rings is 1. The van der Waals surface area contributed by atoms with Crippen LogP contribution >= 0.6 is 0 Å². The molecule has 0 aliphatic carbocycles. The fourth-order valence-electron chi connectivity index (χ4n) is 2.62. The highest BCUT2D eigenvalue weighted by Gasteiger charge is 2.20. The number of nitrogens with one attached hydrogen (secondary N) is 1. The first-order chi connectivity index (χ1) is 7.36. The van der Waals surface area contributed by atoms with E-state index in [1.165, 1.54) is 38.8 Å². The summed E-state index contributed by atoms with van der Waals surface area (Å²) in [6.45, 7) is 7.72. The Morgan fingerprint density at radius 3 is 3.07 bits per heavy atom. The van der Waals surface area contributed by atoms with Crippen molar-refractivity contribution in [3.63, 3.8) is 0 Å². The van der Waals surface area contributed by atoms with E-state index in [1.807, 2.05) is 0 Å². The van der Waals surface area contributed by atoms with Crippen molar-refractivity contribution in [1.29, 1.82) is 0 Å². The molecule has 2 unspecified atom stereocenters. The van der Waals surface area contributed by atoms with Crippen LogP contribution in [0.2, 0.25) is 0 Å². The quantitative estimate of drug-likeness (QED) is 0.762. The highest BCUT2D eigenvalue weighted by Crippen LogP contribution is 2.16. The molecule has 0 spiro atoms. The van der Waals surface area contributed by atoms with Crippen LogP contribution in [0.1, 0.15) is 32.6 Å². The van der Waals surface area contributed by atoms with Crippen LogP contribution in [0.25, 0.3) is 0 Å². The first-order valence-electron chi connectivity index (χ1n) is 6.41. The molecule has 1 N–H and O–H groups in total. The van der Waals surface area contributed by atoms with Crippen LogP contribution in [0.4, 0.5) is 0 Å². The second-order valence-corrected chi connectivity index (χ2v) is 4.90. The predicted molar refractivity (Wildman–Crippen MR) is 62.1 cm³/mol. The van der Waals surface area contributed by atoms with Gasteiger partial charge in [0.15, 0.2) is 0 Å². The number of morpholine rings is 1. The molecule has 0 aromatic carbocycles. The smallest absolute Gasteiger partial charge is 0.0620 e. The van der Waals surface area contributed by atoms with Gasteiger partial charge in [0.1, 0.15) is 0 Å². The summed E-state index contributed by atoms with van der Waals surface area (Å²) in [7, 11) is 0. The van der Waals surface area contributed by atoms with Gasteiger partial charge in [-0.05, 0) is 39.3 Å². The molecule has 0 radical (unpaired) electrons. The summed E-state index contributed by atoms with van der Waals surface area (Å²) in [5.41, 5.74) is 0. The standard InChI is InChI=1S/C12H24N2O/c1-11-4-2-3-7-14(11)8-5-12-10-15-9-6-13-12/h11-13H,2-10H2,1H3. The van der Waals surface area contributed by atoms with E-state index in [9.17, 15) is 0 Å². The summed E-state index contributed by atoms with van der Waals surface area (Å²) < 4.78 is 5.47. The monoisotopic (exact) mass is 212 g/mol. The van der Waals surface area contributed by atoms with Gasteiger partial charge < -0.3 is 15.0 Å². The lowest BCUT2D eigenvalue weighted by molar-refractivity contribution is 0.0650. The minimum Gasteiger partial charge on any atom is -0.379 e. The van der Waals surface area contributed by atoms with E-state index in [4.69, 9.17) is 4.74 Å². The van der Waals surface area contributed by atoms with Crippen LogP contribution in [0, 0.1) is 0 Å². The molecule has 2 aliphatic heterocycles. The van der Waals surface area contributed by atoms with Gasteiger partial charge in [-0.1, -0.05) is 6.42 Å². The van der Waals surface area contributed by atoms with E-state index in [0.29, 0.717) is 6.04 Å². The van der Waals surface area contributed by atoms with Crippen LogP contribution in [0.15, 0.2) is 0 Å². The van der Waals surface area contributed by atoms with Gasteiger partial charge in [-0.2, -0.15) is 0 Å². The maximum Gasteiger partial charge on any atom is 0.0620 e. The minimum atomic E-state index is 0.591. The molecule has 0 aromatic heterocycles. The molecule has 2 saturated heterocycles. The molecule has 3 nitrogen and oxygen atoms in total. The highest BCUT2D eigenvalue weighted by molar-refractivity contribution is 4.77. The lowest BCUT2D eigenvalue weighted by Gasteiger charge is -2.35. The molecule has 2 fully saturated rings. The number of hydrogen-bond acceptors (Lipinski definition) is 3. The van der Waals surface area contributed by atoms with Crippen molar-refractivity contribution < 1.29 is 4.74 Å². The molecule has 0 aromatic rings. The molecule has 2 aliphatic rings. The third kappa shape index (κ3) is 3.44. The van der Waals surface area contributed by atoms with Crippen LogP contribution in [-0.2, 0) is 4.74 Å². The van der Waals surface area contributed by atoms with E-state index < -0.39 is 0 Å². The number of hydrogen-bond donors (Lipinski definition) is 1. The molecule has 3 heteroatoms. The fourth-order valence-corrected chi connectivity index (χ4v) is 2.62. The zero-order valence-corrected chi connectivity index (χ0v) is 9.87. The largest absolute Gasteiger partial charge is 0.379 e. The summed E-state index contributed by atoms with van der Waals surface area (Å²) in [4.78, 5) is 2.64. The van der Waals surface area contributed by atoms with Crippen molar-refractivity contribution in [3.05, 3.63) is 0 Å². The third-order valence-electron chi connectivity index (χ3n) is 3.70.